The maximum absolute atomic E-state index is 13.1. The Balaban J connectivity index is 1.94. The first-order chi connectivity index (χ1) is 13.1. The van der Waals surface area contributed by atoms with Crippen molar-refractivity contribution >= 4 is 11.6 Å². The number of hydrogen-bond donors (Lipinski definition) is 1. The number of ether oxygens (including phenoxy) is 1. The third-order valence-electron chi connectivity index (χ3n) is 4.24. The number of hydrogen-bond acceptors (Lipinski definition) is 3. The number of carbonyl (C=O) groups excluding carboxylic acids is 1. The molecular formula is C23H20N2O2. The van der Waals surface area contributed by atoms with E-state index in [-0.39, 0.29) is 5.91 Å². The van der Waals surface area contributed by atoms with Crippen molar-refractivity contribution in [3.63, 3.8) is 0 Å². The number of aryl methyl sites for hydroxylation is 2. The minimum absolute atomic E-state index is 0.289. The first kappa shape index (κ1) is 18.2. The lowest BCUT2D eigenvalue weighted by Gasteiger charge is -2.20. The number of benzene rings is 3. The molecular weight excluding hydrogens is 336 g/mol. The molecule has 0 bridgehead atoms. The predicted octanol–water partition coefficient (Wildman–Crippen LogP) is 4.93. The highest BCUT2D eigenvalue weighted by molar-refractivity contribution is 5.95. The van der Waals surface area contributed by atoms with E-state index in [9.17, 15) is 10.1 Å². The summed E-state index contributed by atoms with van der Waals surface area (Å²) in [7, 11) is 0. The summed E-state index contributed by atoms with van der Waals surface area (Å²) < 4.78 is 5.99. The molecule has 3 rings (SSSR count). The number of rotatable bonds is 5. The van der Waals surface area contributed by atoms with Crippen molar-refractivity contribution in [3.8, 4) is 11.8 Å². The average Bonchev–Trinajstić information content (AvgIpc) is 2.69. The summed E-state index contributed by atoms with van der Waals surface area (Å²) in [6, 6.07) is 24.2. The monoisotopic (exact) mass is 356 g/mol. The van der Waals surface area contributed by atoms with Crippen molar-refractivity contribution in [2.45, 2.75) is 20.0 Å². The summed E-state index contributed by atoms with van der Waals surface area (Å²) in [6.45, 7) is 3.92. The molecule has 0 spiro atoms. The molecule has 3 aromatic carbocycles. The molecule has 0 unspecified atom stereocenters. The van der Waals surface area contributed by atoms with Gasteiger partial charge in [0, 0.05) is 11.3 Å². The second-order valence-corrected chi connectivity index (χ2v) is 6.32. The Hall–Kier alpha value is -3.58. The minimum atomic E-state index is -0.874. The topological polar surface area (TPSA) is 62.1 Å². The van der Waals surface area contributed by atoms with Crippen LogP contribution >= 0.6 is 0 Å². The summed E-state index contributed by atoms with van der Waals surface area (Å²) >= 11 is 0. The van der Waals surface area contributed by atoms with E-state index in [1.54, 1.807) is 24.3 Å². The number of anilines is 1. The molecule has 134 valence electrons. The summed E-state index contributed by atoms with van der Waals surface area (Å²) in [5.41, 5.74) is 3.88. The van der Waals surface area contributed by atoms with E-state index in [1.165, 1.54) is 0 Å². The number of nitrogens with one attached hydrogen (secondary N) is 1. The molecule has 1 atom stereocenters. The second-order valence-electron chi connectivity index (χ2n) is 6.32. The fraction of sp³-hybridized carbons (Fsp3) is 0.130. The van der Waals surface area contributed by atoms with Gasteiger partial charge in [-0.1, -0.05) is 54.6 Å². The Morgan fingerprint density at radius 2 is 1.70 bits per heavy atom. The largest absolute Gasteiger partial charge is 0.474 e. The first-order valence-electron chi connectivity index (χ1n) is 8.67. The zero-order chi connectivity index (χ0) is 19.2. The van der Waals surface area contributed by atoms with Crippen molar-refractivity contribution in [2.24, 2.45) is 0 Å². The molecule has 1 N–H and O–H groups in total. The minimum Gasteiger partial charge on any atom is -0.474 e. The highest BCUT2D eigenvalue weighted by Gasteiger charge is 2.24. The van der Waals surface area contributed by atoms with Gasteiger partial charge in [-0.25, -0.2) is 0 Å². The lowest BCUT2D eigenvalue weighted by atomic mass is 10.1. The van der Waals surface area contributed by atoms with Crippen molar-refractivity contribution in [2.75, 3.05) is 5.32 Å². The van der Waals surface area contributed by atoms with Gasteiger partial charge in [0.1, 0.15) is 11.8 Å². The standard InChI is InChI=1S/C23H20N2O2/c1-16-12-13-17(2)20(14-16)25-23(26)22(18-8-4-3-5-9-18)27-21-11-7-6-10-19(21)15-24/h3-14,22H,1-2H3,(H,25,26)/t22-/m1/s1. The maximum Gasteiger partial charge on any atom is 0.270 e. The molecule has 0 aromatic heterocycles. The van der Waals surface area contributed by atoms with E-state index >= 15 is 0 Å². The molecule has 0 saturated heterocycles. The predicted molar refractivity (Wildman–Crippen MR) is 106 cm³/mol. The second kappa shape index (κ2) is 8.20. The zero-order valence-corrected chi connectivity index (χ0v) is 15.3. The maximum atomic E-state index is 13.1. The van der Waals surface area contributed by atoms with Gasteiger partial charge >= 0.3 is 0 Å². The molecule has 1 amide bonds. The van der Waals surface area contributed by atoms with Crippen LogP contribution in [0.25, 0.3) is 0 Å². The van der Waals surface area contributed by atoms with E-state index in [2.05, 4.69) is 11.4 Å². The summed E-state index contributed by atoms with van der Waals surface area (Å²) in [5, 5.41) is 12.3. The fourth-order valence-corrected chi connectivity index (χ4v) is 2.76. The van der Waals surface area contributed by atoms with E-state index in [0.717, 1.165) is 16.8 Å². The van der Waals surface area contributed by atoms with Crippen LogP contribution in [0.15, 0.2) is 72.8 Å². The van der Waals surface area contributed by atoms with Crippen LogP contribution < -0.4 is 10.1 Å². The smallest absolute Gasteiger partial charge is 0.270 e. The molecule has 27 heavy (non-hydrogen) atoms. The van der Waals surface area contributed by atoms with Gasteiger partial charge in [-0.3, -0.25) is 4.79 Å². The average molecular weight is 356 g/mol. The highest BCUT2D eigenvalue weighted by atomic mass is 16.5. The number of nitrogens with zero attached hydrogens (tertiary/aromatic N) is 1. The van der Waals surface area contributed by atoms with Crippen LogP contribution in [-0.2, 0) is 4.79 Å². The highest BCUT2D eigenvalue weighted by Crippen LogP contribution is 2.27. The van der Waals surface area contributed by atoms with Gasteiger partial charge in [0.15, 0.2) is 0 Å². The van der Waals surface area contributed by atoms with Gasteiger partial charge in [0.2, 0.25) is 6.10 Å². The van der Waals surface area contributed by atoms with Gasteiger partial charge in [0.05, 0.1) is 5.56 Å². The summed E-state index contributed by atoms with van der Waals surface area (Å²) in [6.07, 6.45) is -0.874. The molecule has 0 aliphatic heterocycles. The van der Waals surface area contributed by atoms with Crippen molar-refractivity contribution in [3.05, 3.63) is 95.1 Å². The van der Waals surface area contributed by atoms with Crippen LogP contribution in [0.3, 0.4) is 0 Å². The zero-order valence-electron chi connectivity index (χ0n) is 15.3. The molecule has 0 fully saturated rings. The number of para-hydroxylation sites is 1. The van der Waals surface area contributed by atoms with Gasteiger partial charge in [-0.05, 0) is 43.2 Å². The molecule has 4 heteroatoms. The van der Waals surface area contributed by atoms with Gasteiger partial charge in [-0.15, -0.1) is 0 Å². The lowest BCUT2D eigenvalue weighted by molar-refractivity contribution is -0.123. The quantitative estimate of drug-likeness (QED) is 0.705. The van der Waals surface area contributed by atoms with Crippen LogP contribution in [-0.4, -0.2) is 5.91 Å². The number of carbonyl (C=O) groups is 1. The van der Waals surface area contributed by atoms with E-state index in [4.69, 9.17) is 4.74 Å². The Labute approximate surface area is 159 Å². The van der Waals surface area contributed by atoms with E-state index < -0.39 is 6.10 Å². The van der Waals surface area contributed by atoms with Crippen molar-refractivity contribution in [1.82, 2.24) is 0 Å². The van der Waals surface area contributed by atoms with Crippen LogP contribution in [0.5, 0.6) is 5.75 Å². The number of nitriles is 1. The number of amides is 1. The lowest BCUT2D eigenvalue weighted by Crippen LogP contribution is -2.26. The third kappa shape index (κ3) is 4.34. The molecule has 4 nitrogen and oxygen atoms in total. The Bertz CT molecular complexity index is 991. The molecule has 0 aliphatic carbocycles. The van der Waals surface area contributed by atoms with E-state index in [1.807, 2.05) is 62.4 Å². The molecule has 0 aliphatic rings. The Morgan fingerprint density at radius 1 is 1.00 bits per heavy atom. The van der Waals surface area contributed by atoms with Crippen molar-refractivity contribution < 1.29 is 9.53 Å². The van der Waals surface area contributed by atoms with E-state index in [0.29, 0.717) is 16.9 Å². The van der Waals surface area contributed by atoms with Crippen molar-refractivity contribution in [1.29, 1.82) is 5.26 Å². The molecule has 3 aromatic rings. The normalized spacial score (nSPS) is 11.3. The van der Waals surface area contributed by atoms with Gasteiger partial charge < -0.3 is 10.1 Å². The Morgan fingerprint density at radius 3 is 2.44 bits per heavy atom. The molecule has 0 radical (unpaired) electrons. The SMILES string of the molecule is Cc1ccc(C)c(NC(=O)[C@H](Oc2ccccc2C#N)c2ccccc2)c1. The van der Waals surface area contributed by atoms with Gasteiger partial charge in [0.25, 0.3) is 5.91 Å². The van der Waals surface area contributed by atoms with Crippen LogP contribution in [0.4, 0.5) is 5.69 Å². The molecule has 0 heterocycles. The summed E-state index contributed by atoms with van der Waals surface area (Å²) in [4.78, 5) is 13.1. The fourth-order valence-electron chi connectivity index (χ4n) is 2.76. The Kier molecular flexibility index (Phi) is 5.53. The van der Waals surface area contributed by atoms with Gasteiger partial charge in [-0.2, -0.15) is 5.26 Å². The summed E-state index contributed by atoms with van der Waals surface area (Å²) in [5.74, 6) is 0.0904. The molecule has 0 saturated carbocycles. The van der Waals surface area contributed by atoms with Crippen LogP contribution in [0.2, 0.25) is 0 Å². The third-order valence-corrected chi connectivity index (χ3v) is 4.24. The van der Waals surface area contributed by atoms with Crippen LogP contribution in [0.1, 0.15) is 28.4 Å². The van der Waals surface area contributed by atoms with Crippen LogP contribution in [0, 0.1) is 25.2 Å². The first-order valence-corrected chi connectivity index (χ1v) is 8.67.